The highest BCUT2D eigenvalue weighted by Gasteiger charge is 2.21. The Morgan fingerprint density at radius 1 is 1.21 bits per heavy atom. The van der Waals surface area contributed by atoms with Crippen molar-refractivity contribution in [1.29, 1.82) is 0 Å². The number of carbonyl (C=O) groups excluding carboxylic acids is 2. The standard InChI is InChI=1S/C22H23N5O2/c1-27(13-14-2-3-16-11-24-7-6-15(16)8-14)22(29)21(28)26-19-10-17-9-18(23)4-5-20(17)25-12-19/h2-3,6-8,10-12,18H,4-5,9,13,23H2,1H3,(H,26,28). The highest BCUT2D eigenvalue weighted by molar-refractivity contribution is 6.39. The Morgan fingerprint density at radius 3 is 2.93 bits per heavy atom. The first-order chi connectivity index (χ1) is 14.0. The predicted molar refractivity (Wildman–Crippen MR) is 111 cm³/mol. The van der Waals surface area contributed by atoms with Gasteiger partial charge >= 0.3 is 11.8 Å². The minimum atomic E-state index is -0.681. The van der Waals surface area contributed by atoms with E-state index in [2.05, 4.69) is 15.3 Å². The summed E-state index contributed by atoms with van der Waals surface area (Å²) in [5.41, 5.74) is 9.52. The van der Waals surface area contributed by atoms with E-state index in [4.69, 9.17) is 5.73 Å². The van der Waals surface area contributed by atoms with Crippen LogP contribution in [0.1, 0.15) is 23.2 Å². The molecule has 0 spiro atoms. The number of likely N-dealkylation sites (N-methyl/N-ethyl adjacent to an activating group) is 1. The molecule has 2 heterocycles. The fourth-order valence-corrected chi connectivity index (χ4v) is 3.65. The average molecular weight is 389 g/mol. The van der Waals surface area contributed by atoms with Gasteiger partial charge in [0, 0.05) is 43.1 Å². The molecular formula is C22H23N5O2. The fraction of sp³-hybridized carbons (Fsp3) is 0.273. The number of benzene rings is 1. The molecule has 2 aromatic heterocycles. The summed E-state index contributed by atoms with van der Waals surface area (Å²) in [6, 6.07) is 9.78. The van der Waals surface area contributed by atoms with Gasteiger partial charge in [0.05, 0.1) is 11.9 Å². The van der Waals surface area contributed by atoms with Crippen LogP contribution in [0.4, 0.5) is 5.69 Å². The van der Waals surface area contributed by atoms with Crippen LogP contribution in [0.15, 0.2) is 48.9 Å². The smallest absolute Gasteiger partial charge is 0.313 e. The van der Waals surface area contributed by atoms with Crippen LogP contribution in [-0.2, 0) is 29.0 Å². The van der Waals surface area contributed by atoms with Crippen LogP contribution in [0.2, 0.25) is 0 Å². The van der Waals surface area contributed by atoms with Gasteiger partial charge in [0.1, 0.15) is 0 Å². The minimum Gasteiger partial charge on any atom is -0.333 e. The molecular weight excluding hydrogens is 366 g/mol. The Hall–Kier alpha value is -3.32. The Balaban J connectivity index is 1.41. The molecule has 7 heteroatoms. The molecule has 1 aliphatic carbocycles. The third kappa shape index (κ3) is 4.25. The monoisotopic (exact) mass is 389 g/mol. The zero-order chi connectivity index (χ0) is 20.4. The molecule has 3 aromatic rings. The number of nitrogens with two attached hydrogens (primary N) is 1. The van der Waals surface area contributed by atoms with Gasteiger partial charge in [-0.2, -0.15) is 0 Å². The lowest BCUT2D eigenvalue weighted by atomic mass is 9.92. The van der Waals surface area contributed by atoms with Crippen molar-refractivity contribution in [3.05, 3.63) is 65.7 Å². The molecule has 1 aliphatic rings. The lowest BCUT2D eigenvalue weighted by molar-refractivity contribution is -0.142. The number of pyridine rings is 2. The SMILES string of the molecule is CN(Cc1ccc2cnccc2c1)C(=O)C(=O)Nc1cnc2c(c1)CC(N)CC2. The van der Waals surface area contributed by atoms with E-state index in [0.717, 1.165) is 46.9 Å². The Bertz CT molecular complexity index is 1080. The first kappa shape index (κ1) is 19.0. The predicted octanol–water partition coefficient (Wildman–Crippen LogP) is 2.04. The number of amides is 2. The largest absolute Gasteiger partial charge is 0.333 e. The molecule has 2 amide bonds. The zero-order valence-electron chi connectivity index (χ0n) is 16.3. The quantitative estimate of drug-likeness (QED) is 0.668. The van der Waals surface area contributed by atoms with Crippen LogP contribution in [0, 0.1) is 0 Å². The van der Waals surface area contributed by atoms with Crippen LogP contribution in [0.5, 0.6) is 0 Å². The number of aromatic nitrogens is 2. The minimum absolute atomic E-state index is 0.112. The molecule has 148 valence electrons. The van der Waals surface area contributed by atoms with E-state index in [0.29, 0.717) is 12.2 Å². The third-order valence-electron chi connectivity index (χ3n) is 5.22. The third-order valence-corrected chi connectivity index (χ3v) is 5.22. The number of nitrogens with zero attached hydrogens (tertiary/aromatic N) is 3. The van der Waals surface area contributed by atoms with Crippen molar-refractivity contribution in [3.8, 4) is 0 Å². The van der Waals surface area contributed by atoms with Crippen LogP contribution < -0.4 is 11.1 Å². The lowest BCUT2D eigenvalue weighted by Crippen LogP contribution is -2.36. The molecule has 0 radical (unpaired) electrons. The number of hydrogen-bond donors (Lipinski definition) is 2. The summed E-state index contributed by atoms with van der Waals surface area (Å²) < 4.78 is 0. The zero-order valence-corrected chi connectivity index (χ0v) is 16.3. The van der Waals surface area contributed by atoms with Crippen molar-refractivity contribution < 1.29 is 9.59 Å². The van der Waals surface area contributed by atoms with E-state index in [1.54, 1.807) is 25.6 Å². The van der Waals surface area contributed by atoms with Crippen LogP contribution in [0.3, 0.4) is 0 Å². The van der Waals surface area contributed by atoms with E-state index < -0.39 is 11.8 Å². The lowest BCUT2D eigenvalue weighted by Gasteiger charge is -2.21. The van der Waals surface area contributed by atoms with Gasteiger partial charge in [0.25, 0.3) is 0 Å². The number of fused-ring (bicyclic) bond motifs is 2. The second-order valence-corrected chi connectivity index (χ2v) is 7.51. The second kappa shape index (κ2) is 7.97. The summed E-state index contributed by atoms with van der Waals surface area (Å²) in [7, 11) is 1.61. The van der Waals surface area contributed by atoms with Gasteiger partial charge in [0.2, 0.25) is 0 Å². The maximum atomic E-state index is 12.5. The molecule has 0 saturated heterocycles. The number of carbonyl (C=O) groups is 2. The summed E-state index contributed by atoms with van der Waals surface area (Å²) in [6.07, 6.45) is 7.61. The highest BCUT2D eigenvalue weighted by Crippen LogP contribution is 2.22. The second-order valence-electron chi connectivity index (χ2n) is 7.51. The van der Waals surface area contributed by atoms with Gasteiger partial charge in [-0.3, -0.25) is 19.6 Å². The Labute approximate surface area is 168 Å². The fourth-order valence-electron chi connectivity index (χ4n) is 3.65. The van der Waals surface area contributed by atoms with Gasteiger partial charge in [-0.25, -0.2) is 0 Å². The van der Waals surface area contributed by atoms with Gasteiger partial charge in [-0.05, 0) is 54.0 Å². The van der Waals surface area contributed by atoms with E-state index >= 15 is 0 Å². The molecule has 0 aliphatic heterocycles. The van der Waals surface area contributed by atoms with Crippen molar-refractivity contribution >= 4 is 28.3 Å². The van der Waals surface area contributed by atoms with Crippen LogP contribution in [-0.4, -0.2) is 39.8 Å². The first-order valence-electron chi connectivity index (χ1n) is 9.62. The molecule has 4 rings (SSSR count). The summed E-state index contributed by atoms with van der Waals surface area (Å²) in [5.74, 6) is -1.28. The van der Waals surface area contributed by atoms with Crippen molar-refractivity contribution in [2.75, 3.05) is 12.4 Å². The summed E-state index contributed by atoms with van der Waals surface area (Å²) in [6.45, 7) is 0.335. The molecule has 0 fully saturated rings. The maximum absolute atomic E-state index is 12.5. The summed E-state index contributed by atoms with van der Waals surface area (Å²) in [5, 5.41) is 4.73. The van der Waals surface area contributed by atoms with Crippen molar-refractivity contribution in [2.24, 2.45) is 5.73 Å². The number of anilines is 1. The highest BCUT2D eigenvalue weighted by atomic mass is 16.2. The van der Waals surface area contributed by atoms with Gasteiger partial charge in [-0.1, -0.05) is 12.1 Å². The van der Waals surface area contributed by atoms with E-state index in [1.807, 2.05) is 30.3 Å². The molecule has 1 aromatic carbocycles. The molecule has 1 unspecified atom stereocenters. The molecule has 0 bridgehead atoms. The summed E-state index contributed by atoms with van der Waals surface area (Å²) in [4.78, 5) is 34.9. The van der Waals surface area contributed by atoms with Crippen molar-refractivity contribution in [1.82, 2.24) is 14.9 Å². The molecule has 29 heavy (non-hydrogen) atoms. The maximum Gasteiger partial charge on any atom is 0.313 e. The van der Waals surface area contributed by atoms with E-state index in [1.165, 1.54) is 4.90 Å². The average Bonchev–Trinajstić information content (AvgIpc) is 2.72. The molecule has 7 nitrogen and oxygen atoms in total. The van der Waals surface area contributed by atoms with Gasteiger partial charge < -0.3 is 16.0 Å². The van der Waals surface area contributed by atoms with E-state index in [9.17, 15) is 9.59 Å². The summed E-state index contributed by atoms with van der Waals surface area (Å²) >= 11 is 0. The normalized spacial score (nSPS) is 15.6. The number of nitrogens with one attached hydrogen (secondary N) is 1. The van der Waals surface area contributed by atoms with Gasteiger partial charge in [0.15, 0.2) is 0 Å². The Kier molecular flexibility index (Phi) is 5.22. The van der Waals surface area contributed by atoms with Crippen molar-refractivity contribution in [2.45, 2.75) is 31.8 Å². The van der Waals surface area contributed by atoms with Crippen molar-refractivity contribution in [3.63, 3.8) is 0 Å². The topological polar surface area (TPSA) is 101 Å². The van der Waals surface area contributed by atoms with Crippen LogP contribution >= 0.6 is 0 Å². The molecule has 1 atom stereocenters. The molecule has 3 N–H and O–H groups in total. The number of hydrogen-bond acceptors (Lipinski definition) is 5. The number of rotatable bonds is 3. The molecule has 0 saturated carbocycles. The number of aryl methyl sites for hydroxylation is 1. The van der Waals surface area contributed by atoms with E-state index in [-0.39, 0.29) is 6.04 Å². The first-order valence-corrected chi connectivity index (χ1v) is 9.62. The Morgan fingerprint density at radius 2 is 2.07 bits per heavy atom. The van der Waals surface area contributed by atoms with Gasteiger partial charge in [-0.15, -0.1) is 0 Å². The van der Waals surface area contributed by atoms with Crippen LogP contribution in [0.25, 0.3) is 10.8 Å².